The average Bonchev–Trinajstić information content (AvgIpc) is 3.42. The quantitative estimate of drug-likeness (QED) is 0.561. The third-order valence-electron chi connectivity index (χ3n) is 11.0. The maximum absolute atomic E-state index is 13.8. The second kappa shape index (κ2) is 8.18. The molecule has 1 saturated heterocycles. The van der Waals surface area contributed by atoms with E-state index in [1.807, 2.05) is 18.3 Å². The van der Waals surface area contributed by atoms with E-state index < -0.39 is 17.1 Å². The summed E-state index contributed by atoms with van der Waals surface area (Å²) in [5, 5.41) is 26.9. The number of phenols is 1. The first-order chi connectivity index (χ1) is 18.5. The van der Waals surface area contributed by atoms with Crippen molar-refractivity contribution in [3.63, 3.8) is 0 Å². The van der Waals surface area contributed by atoms with Crippen molar-refractivity contribution in [2.24, 2.45) is 5.92 Å². The molecular formula is C31H37N3O4. The van der Waals surface area contributed by atoms with Crippen LogP contribution in [0.15, 0.2) is 30.6 Å². The van der Waals surface area contributed by atoms with E-state index in [0.717, 1.165) is 55.8 Å². The van der Waals surface area contributed by atoms with Crippen molar-refractivity contribution < 1.29 is 19.7 Å². The zero-order valence-corrected chi connectivity index (χ0v) is 21.9. The molecule has 1 aromatic heterocycles. The van der Waals surface area contributed by atoms with Crippen LogP contribution in [0.4, 0.5) is 0 Å². The van der Waals surface area contributed by atoms with Gasteiger partial charge in [-0.15, -0.1) is 0 Å². The minimum Gasteiger partial charge on any atom is -0.504 e. The molecule has 0 radical (unpaired) electrons. The molecule has 1 aromatic carbocycles. The normalized spacial score (nSPS) is 35.6. The number of piperidine rings is 1. The van der Waals surface area contributed by atoms with Gasteiger partial charge in [-0.1, -0.05) is 18.9 Å². The van der Waals surface area contributed by atoms with Gasteiger partial charge >= 0.3 is 0 Å². The fourth-order valence-corrected chi connectivity index (χ4v) is 9.05. The van der Waals surface area contributed by atoms with E-state index in [2.05, 4.69) is 15.2 Å². The van der Waals surface area contributed by atoms with Gasteiger partial charge in [0, 0.05) is 36.1 Å². The number of rotatable bonds is 5. The van der Waals surface area contributed by atoms with Crippen LogP contribution in [0.3, 0.4) is 0 Å². The number of amides is 1. The van der Waals surface area contributed by atoms with Gasteiger partial charge in [-0.05, 0) is 93.0 Å². The maximum Gasteiger partial charge on any atom is 0.252 e. The maximum atomic E-state index is 13.8. The van der Waals surface area contributed by atoms with E-state index in [-0.39, 0.29) is 23.7 Å². The Morgan fingerprint density at radius 1 is 1.13 bits per heavy atom. The SMILES string of the molecule is O=C(N[C@@H]1CC[C@@]2(O)[C@H]3Cc4ccc(O)c5c4[C@@]2(CCN3CC2CC2)[C@H]1O5)c1ccncc1C1CCCC1. The van der Waals surface area contributed by atoms with Gasteiger partial charge in [0.1, 0.15) is 6.10 Å². The number of benzene rings is 1. The number of aromatic hydroxyl groups is 1. The Morgan fingerprint density at radius 3 is 2.79 bits per heavy atom. The van der Waals surface area contributed by atoms with E-state index >= 15 is 0 Å². The Balaban J connectivity index is 1.16. The Kier molecular flexibility index (Phi) is 5.01. The molecule has 1 spiro atoms. The van der Waals surface area contributed by atoms with Crippen LogP contribution in [0, 0.1) is 5.92 Å². The van der Waals surface area contributed by atoms with E-state index in [1.54, 1.807) is 12.3 Å². The lowest BCUT2D eigenvalue weighted by Gasteiger charge is -2.64. The van der Waals surface area contributed by atoms with Crippen LogP contribution in [0.1, 0.15) is 90.8 Å². The summed E-state index contributed by atoms with van der Waals surface area (Å²) < 4.78 is 6.63. The highest BCUT2D eigenvalue weighted by Crippen LogP contribution is 2.65. The van der Waals surface area contributed by atoms with E-state index in [1.165, 1.54) is 31.2 Å². The number of aliphatic hydroxyl groups is 1. The van der Waals surface area contributed by atoms with Gasteiger partial charge in [0.05, 0.1) is 17.1 Å². The van der Waals surface area contributed by atoms with Gasteiger partial charge in [-0.25, -0.2) is 0 Å². The molecule has 3 saturated carbocycles. The van der Waals surface area contributed by atoms with E-state index in [4.69, 9.17) is 4.74 Å². The third kappa shape index (κ3) is 3.09. The third-order valence-corrected chi connectivity index (χ3v) is 11.0. The van der Waals surface area contributed by atoms with Crippen LogP contribution in [-0.2, 0) is 11.8 Å². The molecule has 4 aliphatic carbocycles. The lowest BCUT2D eigenvalue weighted by molar-refractivity contribution is -0.191. The van der Waals surface area contributed by atoms with Crippen molar-refractivity contribution in [2.45, 2.75) is 99.3 Å². The fraction of sp³-hybridized carbons (Fsp3) is 0.613. The molecule has 4 fully saturated rings. The summed E-state index contributed by atoms with van der Waals surface area (Å²) in [6.45, 7) is 1.97. The van der Waals surface area contributed by atoms with Crippen molar-refractivity contribution in [3.8, 4) is 11.5 Å². The molecule has 2 bridgehead atoms. The Morgan fingerprint density at radius 2 is 1.97 bits per heavy atom. The molecule has 200 valence electrons. The molecule has 1 amide bonds. The number of hydrogen-bond donors (Lipinski definition) is 3. The summed E-state index contributed by atoms with van der Waals surface area (Å²) in [6.07, 6.45) is 13.2. The highest BCUT2D eigenvalue weighted by Gasteiger charge is 2.73. The second-order valence-electron chi connectivity index (χ2n) is 12.9. The van der Waals surface area contributed by atoms with Crippen LogP contribution in [0.5, 0.6) is 11.5 Å². The summed E-state index contributed by atoms with van der Waals surface area (Å²) in [7, 11) is 0. The summed E-state index contributed by atoms with van der Waals surface area (Å²) in [4.78, 5) is 20.7. The lowest BCUT2D eigenvalue weighted by Crippen LogP contribution is -2.78. The van der Waals surface area contributed by atoms with E-state index in [9.17, 15) is 15.0 Å². The van der Waals surface area contributed by atoms with Crippen LogP contribution >= 0.6 is 0 Å². The number of nitrogens with one attached hydrogen (secondary N) is 1. The second-order valence-corrected chi connectivity index (χ2v) is 12.9. The summed E-state index contributed by atoms with van der Waals surface area (Å²) in [6, 6.07) is 5.41. The first-order valence-electron chi connectivity index (χ1n) is 14.7. The number of pyridine rings is 1. The highest BCUT2D eigenvalue weighted by atomic mass is 16.5. The van der Waals surface area contributed by atoms with Crippen LogP contribution in [0.25, 0.3) is 0 Å². The standard InChI is InChI=1S/C31H37N3O4/c35-24-8-7-20-15-25-31(37)11-9-23(33-29(36)21-10-13-32-16-22(21)19-3-1-2-4-19)28-30(31,26(20)27(24)38-28)12-14-34(25)17-18-5-6-18/h7-8,10,13,16,18-19,23,25,28,35,37H,1-6,9,11-12,14-15,17H2,(H,33,36)/t23-,25-,28+,30+,31-/m1/s1. The Labute approximate surface area is 223 Å². The predicted molar refractivity (Wildman–Crippen MR) is 141 cm³/mol. The molecule has 8 rings (SSSR count). The van der Waals surface area contributed by atoms with Crippen molar-refractivity contribution in [2.75, 3.05) is 13.1 Å². The monoisotopic (exact) mass is 515 g/mol. The number of hydrogen-bond acceptors (Lipinski definition) is 6. The zero-order chi connectivity index (χ0) is 25.6. The lowest BCUT2D eigenvalue weighted by atomic mass is 9.48. The van der Waals surface area contributed by atoms with Crippen LogP contribution in [-0.4, -0.2) is 62.9 Å². The minimum atomic E-state index is -0.941. The predicted octanol–water partition coefficient (Wildman–Crippen LogP) is 3.81. The van der Waals surface area contributed by atoms with Crippen LogP contribution in [0.2, 0.25) is 0 Å². The summed E-state index contributed by atoms with van der Waals surface area (Å²) in [5.74, 6) is 1.72. The molecular weight excluding hydrogens is 478 g/mol. The van der Waals surface area contributed by atoms with Crippen molar-refractivity contribution >= 4 is 5.91 Å². The molecule has 7 heteroatoms. The summed E-state index contributed by atoms with van der Waals surface area (Å²) >= 11 is 0. The first-order valence-corrected chi connectivity index (χ1v) is 14.7. The van der Waals surface area contributed by atoms with Crippen molar-refractivity contribution in [1.82, 2.24) is 15.2 Å². The first kappa shape index (κ1) is 23.3. The highest BCUT2D eigenvalue weighted by molar-refractivity contribution is 5.96. The smallest absolute Gasteiger partial charge is 0.252 e. The van der Waals surface area contributed by atoms with Gasteiger partial charge in [0.25, 0.3) is 5.91 Å². The van der Waals surface area contributed by atoms with Gasteiger partial charge < -0.3 is 20.3 Å². The molecule has 7 nitrogen and oxygen atoms in total. The number of carbonyl (C=O) groups is 1. The van der Waals surface area contributed by atoms with Crippen LogP contribution < -0.4 is 10.1 Å². The Hall–Kier alpha value is -2.64. The van der Waals surface area contributed by atoms with Gasteiger partial charge in [-0.3, -0.25) is 14.7 Å². The fourth-order valence-electron chi connectivity index (χ4n) is 9.05. The molecule has 5 atom stereocenters. The summed E-state index contributed by atoms with van der Waals surface area (Å²) in [5.41, 5.74) is 2.38. The molecule has 0 unspecified atom stereocenters. The molecule has 38 heavy (non-hydrogen) atoms. The molecule has 2 aliphatic heterocycles. The number of phenolic OH excluding ortho intramolecular Hbond substituents is 1. The number of likely N-dealkylation sites (tertiary alicyclic amines) is 1. The van der Waals surface area contributed by atoms with Crippen molar-refractivity contribution in [1.29, 1.82) is 0 Å². The largest absolute Gasteiger partial charge is 0.504 e. The molecule has 6 aliphatic rings. The number of ether oxygens (including phenoxy) is 1. The minimum absolute atomic E-state index is 0.0387. The average molecular weight is 516 g/mol. The van der Waals surface area contributed by atoms with Gasteiger partial charge in [0.15, 0.2) is 11.5 Å². The number of carbonyl (C=O) groups excluding carboxylic acids is 1. The number of aromatic nitrogens is 1. The molecule has 3 N–H and O–H groups in total. The zero-order valence-electron chi connectivity index (χ0n) is 21.9. The number of nitrogens with zero attached hydrogens (tertiary/aromatic N) is 2. The Bertz CT molecular complexity index is 1300. The van der Waals surface area contributed by atoms with Crippen molar-refractivity contribution in [3.05, 3.63) is 52.8 Å². The van der Waals surface area contributed by atoms with E-state index in [0.29, 0.717) is 30.1 Å². The van der Waals surface area contributed by atoms with Gasteiger partial charge in [0.2, 0.25) is 0 Å². The van der Waals surface area contributed by atoms with Gasteiger partial charge in [-0.2, -0.15) is 0 Å². The topological polar surface area (TPSA) is 94.9 Å². The molecule has 2 aromatic rings. The molecule has 3 heterocycles.